The van der Waals surface area contributed by atoms with E-state index in [4.69, 9.17) is 21.7 Å². The largest absolute Gasteiger partial charge is 0.480 e. The van der Waals surface area contributed by atoms with Gasteiger partial charge in [0.2, 0.25) is 17.7 Å². The van der Waals surface area contributed by atoms with Crippen LogP contribution in [0.5, 0.6) is 0 Å². The molecule has 0 heterocycles. The van der Waals surface area contributed by atoms with Crippen LogP contribution in [0.4, 0.5) is 0 Å². The molecule has 0 bridgehead atoms. The molecule has 120 valence electrons. The van der Waals surface area contributed by atoms with Crippen LogP contribution in [0, 0.1) is 0 Å². The zero-order valence-electron chi connectivity index (χ0n) is 11.7. The minimum atomic E-state index is -1.49. The molecule has 0 aromatic rings. The van der Waals surface area contributed by atoms with Crippen molar-refractivity contribution in [2.24, 2.45) is 11.5 Å². The first-order valence-corrected chi connectivity index (χ1v) is 6.11. The maximum atomic E-state index is 11.7. The van der Waals surface area contributed by atoms with Crippen LogP contribution in [0.15, 0.2) is 0 Å². The predicted molar refractivity (Wildman–Crippen MR) is 70.6 cm³/mol. The van der Waals surface area contributed by atoms with E-state index in [1.54, 1.807) is 0 Å². The number of carbonyl (C=O) groups is 4. The van der Waals surface area contributed by atoms with Gasteiger partial charge in [0.05, 0.1) is 12.5 Å². The molecule has 0 aromatic carbocycles. The molecule has 0 unspecified atom stereocenters. The summed E-state index contributed by atoms with van der Waals surface area (Å²) >= 11 is 0. The van der Waals surface area contributed by atoms with E-state index in [2.05, 4.69) is 10.6 Å². The molecule has 0 spiro atoms. The van der Waals surface area contributed by atoms with Gasteiger partial charge in [-0.25, -0.2) is 4.79 Å². The molecule has 0 aliphatic rings. The summed E-state index contributed by atoms with van der Waals surface area (Å²) in [6, 6.07) is -3.81. The lowest BCUT2D eigenvalue weighted by Gasteiger charge is -2.20. The fourth-order valence-electron chi connectivity index (χ4n) is 1.29. The van der Waals surface area contributed by atoms with Crippen molar-refractivity contribution in [2.45, 2.75) is 44.5 Å². The molecule has 0 radical (unpaired) electrons. The van der Waals surface area contributed by atoms with Gasteiger partial charge in [-0.2, -0.15) is 0 Å². The summed E-state index contributed by atoms with van der Waals surface area (Å²) in [5, 5.41) is 22.3. The molecular weight excluding hydrogens is 284 g/mol. The summed E-state index contributed by atoms with van der Waals surface area (Å²) in [5.74, 6) is -3.92. The Bertz CT molecular complexity index is 425. The maximum absolute atomic E-state index is 11.7. The number of hydrogen-bond acceptors (Lipinski definition) is 6. The summed E-state index contributed by atoms with van der Waals surface area (Å²) < 4.78 is 0. The second-order valence-corrected chi connectivity index (χ2v) is 4.57. The number of primary amides is 1. The quantitative estimate of drug-likeness (QED) is 0.270. The van der Waals surface area contributed by atoms with E-state index in [1.807, 2.05) is 0 Å². The minimum Gasteiger partial charge on any atom is -0.480 e. The van der Waals surface area contributed by atoms with Crippen LogP contribution in [0.25, 0.3) is 0 Å². The van der Waals surface area contributed by atoms with Gasteiger partial charge in [-0.3, -0.25) is 14.4 Å². The zero-order valence-corrected chi connectivity index (χ0v) is 11.7. The molecule has 0 saturated heterocycles. The van der Waals surface area contributed by atoms with Gasteiger partial charge in [-0.15, -0.1) is 0 Å². The number of hydrogen-bond donors (Lipinski definition) is 6. The first-order valence-electron chi connectivity index (χ1n) is 6.11. The Hall–Kier alpha value is -2.20. The molecule has 3 amide bonds. The molecule has 4 atom stereocenters. The highest BCUT2D eigenvalue weighted by Crippen LogP contribution is 1.95. The van der Waals surface area contributed by atoms with Crippen LogP contribution in [-0.2, 0) is 19.2 Å². The summed E-state index contributed by atoms with van der Waals surface area (Å²) in [5.41, 5.74) is 10.2. The Balaban J connectivity index is 4.59. The second kappa shape index (κ2) is 8.17. The van der Waals surface area contributed by atoms with Crippen LogP contribution < -0.4 is 22.1 Å². The molecular formula is C11H20N4O6. The number of nitrogens with two attached hydrogens (primary N) is 2. The maximum Gasteiger partial charge on any atom is 0.326 e. The fraction of sp³-hybridized carbons (Fsp3) is 0.636. The van der Waals surface area contributed by atoms with Crippen molar-refractivity contribution in [1.82, 2.24) is 10.6 Å². The fourth-order valence-corrected chi connectivity index (χ4v) is 1.29. The highest BCUT2D eigenvalue weighted by Gasteiger charge is 2.27. The summed E-state index contributed by atoms with van der Waals surface area (Å²) in [7, 11) is 0. The van der Waals surface area contributed by atoms with Crippen LogP contribution in [0.3, 0.4) is 0 Å². The summed E-state index contributed by atoms with van der Waals surface area (Å²) in [4.78, 5) is 44.8. The van der Waals surface area contributed by atoms with Gasteiger partial charge >= 0.3 is 5.97 Å². The highest BCUT2D eigenvalue weighted by atomic mass is 16.4. The first-order chi connectivity index (χ1) is 9.56. The van der Waals surface area contributed by atoms with Crippen molar-refractivity contribution in [2.75, 3.05) is 0 Å². The topological polar surface area (TPSA) is 185 Å². The zero-order chi connectivity index (χ0) is 16.7. The van der Waals surface area contributed by atoms with Gasteiger partial charge < -0.3 is 32.3 Å². The number of aliphatic hydroxyl groups excluding tert-OH is 1. The molecule has 10 heteroatoms. The normalized spacial score (nSPS) is 16.2. The molecule has 8 N–H and O–H groups in total. The molecule has 0 fully saturated rings. The molecule has 10 nitrogen and oxygen atoms in total. The average Bonchev–Trinajstić information content (AvgIpc) is 2.35. The smallest absolute Gasteiger partial charge is 0.326 e. The summed E-state index contributed by atoms with van der Waals surface area (Å²) in [6.07, 6.45) is -1.68. The molecule has 0 saturated carbocycles. The number of aliphatic carboxylic acids is 1. The lowest BCUT2D eigenvalue weighted by atomic mass is 10.1. The van der Waals surface area contributed by atoms with Crippen molar-refractivity contribution >= 4 is 23.7 Å². The van der Waals surface area contributed by atoms with Crippen LogP contribution in [0.2, 0.25) is 0 Å². The number of rotatable bonds is 8. The van der Waals surface area contributed by atoms with Crippen LogP contribution in [-0.4, -0.2) is 58.1 Å². The molecule has 0 aliphatic heterocycles. The first kappa shape index (κ1) is 18.8. The Morgan fingerprint density at radius 1 is 1.10 bits per heavy atom. The van der Waals surface area contributed by atoms with Gasteiger partial charge in [-0.05, 0) is 13.8 Å². The lowest BCUT2D eigenvalue weighted by molar-refractivity contribution is -0.143. The standard InChI is InChI=1S/C11H20N4O6/c1-4(14-10(19)8(13)5(2)16)9(18)15-6(11(20)21)3-7(12)17/h4-6,8,16H,3,13H2,1-2H3,(H2,12,17)(H,14,19)(H,15,18)(H,20,21)/t4-,5+,6-,8-/m0/s1. The van der Waals surface area contributed by atoms with Crippen molar-refractivity contribution in [3.05, 3.63) is 0 Å². The number of nitrogens with one attached hydrogen (secondary N) is 2. The SMILES string of the molecule is C[C@H](NC(=O)[C@@H](N)[C@@H](C)O)C(=O)N[C@@H](CC(N)=O)C(=O)O. The van der Waals surface area contributed by atoms with Gasteiger partial charge in [0.25, 0.3) is 0 Å². The Morgan fingerprint density at radius 2 is 1.62 bits per heavy atom. The van der Waals surface area contributed by atoms with Gasteiger partial charge in [0.15, 0.2) is 0 Å². The van der Waals surface area contributed by atoms with E-state index < -0.39 is 54.3 Å². The molecule has 0 aliphatic carbocycles. The van der Waals surface area contributed by atoms with E-state index in [0.717, 1.165) is 0 Å². The van der Waals surface area contributed by atoms with Gasteiger partial charge in [0.1, 0.15) is 18.1 Å². The van der Waals surface area contributed by atoms with Crippen LogP contribution in [0.1, 0.15) is 20.3 Å². The third-order valence-corrected chi connectivity index (χ3v) is 2.59. The number of carboxylic acids is 1. The third-order valence-electron chi connectivity index (χ3n) is 2.59. The van der Waals surface area contributed by atoms with Crippen molar-refractivity contribution in [3.8, 4) is 0 Å². The number of carboxylic acid groups (broad SMARTS) is 1. The minimum absolute atomic E-state index is 0.574. The summed E-state index contributed by atoms with van der Waals surface area (Å²) in [6.45, 7) is 2.60. The van der Waals surface area contributed by atoms with Crippen LogP contribution >= 0.6 is 0 Å². The molecule has 0 rings (SSSR count). The second-order valence-electron chi connectivity index (χ2n) is 4.57. The van der Waals surface area contributed by atoms with E-state index in [-0.39, 0.29) is 0 Å². The van der Waals surface area contributed by atoms with E-state index >= 15 is 0 Å². The predicted octanol–water partition coefficient (Wildman–Crippen LogP) is -3.36. The van der Waals surface area contributed by atoms with Gasteiger partial charge in [0, 0.05) is 0 Å². The Labute approximate surface area is 120 Å². The number of amides is 3. The number of carbonyl (C=O) groups excluding carboxylic acids is 3. The number of aliphatic hydroxyl groups is 1. The van der Waals surface area contributed by atoms with E-state index in [9.17, 15) is 19.2 Å². The Kier molecular flexibility index (Phi) is 7.31. The third kappa shape index (κ3) is 6.68. The monoisotopic (exact) mass is 304 g/mol. The highest BCUT2D eigenvalue weighted by molar-refractivity contribution is 5.93. The van der Waals surface area contributed by atoms with Crippen molar-refractivity contribution in [1.29, 1.82) is 0 Å². The van der Waals surface area contributed by atoms with E-state index in [0.29, 0.717) is 0 Å². The van der Waals surface area contributed by atoms with E-state index in [1.165, 1.54) is 13.8 Å². The molecule has 0 aromatic heterocycles. The van der Waals surface area contributed by atoms with Crippen molar-refractivity contribution < 1.29 is 29.4 Å². The lowest BCUT2D eigenvalue weighted by Crippen LogP contribution is -2.55. The van der Waals surface area contributed by atoms with Gasteiger partial charge in [-0.1, -0.05) is 0 Å². The van der Waals surface area contributed by atoms with Crippen molar-refractivity contribution in [3.63, 3.8) is 0 Å². The average molecular weight is 304 g/mol. The Morgan fingerprint density at radius 3 is 2.00 bits per heavy atom. The molecule has 21 heavy (non-hydrogen) atoms.